The Morgan fingerprint density at radius 1 is 0.893 bits per heavy atom. The van der Waals surface area contributed by atoms with E-state index in [9.17, 15) is 8.42 Å². The molecule has 0 aliphatic heterocycles. The van der Waals surface area contributed by atoms with Crippen molar-refractivity contribution in [2.75, 3.05) is 20.4 Å². The Balaban J connectivity index is 1.88. The second-order valence-electron chi connectivity index (χ2n) is 6.98. The van der Waals surface area contributed by atoms with Crippen LogP contribution in [0.5, 0.6) is 5.75 Å². The standard InChI is InChI=1S/C22H31NO4S/c1-5-26-16-27-21-12-8-19(9-13-21)17(2)6-7-18(3)20-10-14-22(15-11-20)28(24,25)23-4/h8-15,17-18,23H,5-7,16H2,1-4H3. The Morgan fingerprint density at radius 2 is 1.39 bits per heavy atom. The van der Waals surface area contributed by atoms with E-state index in [1.807, 2.05) is 31.2 Å². The van der Waals surface area contributed by atoms with Crippen LogP contribution in [-0.4, -0.2) is 28.9 Å². The predicted molar refractivity (Wildman–Crippen MR) is 112 cm³/mol. The Morgan fingerprint density at radius 3 is 1.86 bits per heavy atom. The van der Waals surface area contributed by atoms with E-state index in [0.717, 1.165) is 24.2 Å². The van der Waals surface area contributed by atoms with Crippen molar-refractivity contribution in [1.82, 2.24) is 4.72 Å². The lowest BCUT2D eigenvalue weighted by Gasteiger charge is -2.17. The molecule has 0 bridgehead atoms. The van der Waals surface area contributed by atoms with E-state index in [1.165, 1.54) is 12.6 Å². The molecule has 0 aliphatic rings. The molecule has 1 N–H and O–H groups in total. The average Bonchev–Trinajstić information content (AvgIpc) is 2.72. The van der Waals surface area contributed by atoms with Crippen LogP contribution in [-0.2, 0) is 14.8 Å². The predicted octanol–water partition coefficient (Wildman–Crippen LogP) is 4.65. The number of nitrogens with one attached hydrogen (secondary N) is 1. The van der Waals surface area contributed by atoms with Gasteiger partial charge in [0.1, 0.15) is 5.75 Å². The van der Waals surface area contributed by atoms with Crippen LogP contribution < -0.4 is 9.46 Å². The molecule has 0 spiro atoms. The van der Waals surface area contributed by atoms with E-state index in [1.54, 1.807) is 12.1 Å². The molecule has 2 unspecified atom stereocenters. The highest BCUT2D eigenvalue weighted by Crippen LogP contribution is 2.29. The van der Waals surface area contributed by atoms with Gasteiger partial charge in [0.15, 0.2) is 6.79 Å². The summed E-state index contributed by atoms with van der Waals surface area (Å²) in [7, 11) is -1.96. The van der Waals surface area contributed by atoms with Crippen LogP contribution in [0, 0.1) is 0 Å². The molecule has 2 aromatic rings. The fourth-order valence-electron chi connectivity index (χ4n) is 3.01. The molecule has 0 saturated heterocycles. The minimum atomic E-state index is -3.38. The molecule has 2 aromatic carbocycles. The van der Waals surface area contributed by atoms with Crippen LogP contribution in [0.1, 0.15) is 56.6 Å². The summed E-state index contributed by atoms with van der Waals surface area (Å²) in [5.41, 5.74) is 2.44. The maximum atomic E-state index is 11.8. The maximum absolute atomic E-state index is 11.8. The van der Waals surface area contributed by atoms with E-state index in [4.69, 9.17) is 9.47 Å². The molecule has 28 heavy (non-hydrogen) atoms. The summed E-state index contributed by atoms with van der Waals surface area (Å²) < 4.78 is 36.7. The zero-order valence-corrected chi connectivity index (χ0v) is 18.0. The van der Waals surface area contributed by atoms with E-state index in [0.29, 0.717) is 23.3 Å². The molecule has 6 heteroatoms. The summed E-state index contributed by atoms with van der Waals surface area (Å²) in [6.07, 6.45) is 2.08. The van der Waals surface area contributed by atoms with Crippen LogP contribution in [0.2, 0.25) is 0 Å². The molecule has 0 saturated carbocycles. The highest BCUT2D eigenvalue weighted by molar-refractivity contribution is 7.89. The molecule has 0 heterocycles. The van der Waals surface area contributed by atoms with E-state index in [2.05, 4.69) is 30.7 Å². The van der Waals surface area contributed by atoms with Crippen LogP contribution >= 0.6 is 0 Å². The van der Waals surface area contributed by atoms with Gasteiger partial charge in [-0.1, -0.05) is 38.1 Å². The molecule has 154 valence electrons. The first kappa shape index (κ1) is 22.4. The highest BCUT2D eigenvalue weighted by atomic mass is 32.2. The second-order valence-corrected chi connectivity index (χ2v) is 8.87. The average molecular weight is 406 g/mol. The topological polar surface area (TPSA) is 64.6 Å². The van der Waals surface area contributed by atoms with Crippen LogP contribution in [0.25, 0.3) is 0 Å². The van der Waals surface area contributed by atoms with Crippen molar-refractivity contribution in [3.63, 3.8) is 0 Å². The van der Waals surface area contributed by atoms with Crippen molar-refractivity contribution in [3.05, 3.63) is 59.7 Å². The van der Waals surface area contributed by atoms with Crippen molar-refractivity contribution >= 4 is 10.0 Å². The largest absolute Gasteiger partial charge is 0.468 e. The van der Waals surface area contributed by atoms with Crippen LogP contribution in [0.15, 0.2) is 53.4 Å². The summed E-state index contributed by atoms with van der Waals surface area (Å²) in [5.74, 6) is 1.62. The summed E-state index contributed by atoms with van der Waals surface area (Å²) in [4.78, 5) is 0.297. The normalized spacial score (nSPS) is 13.9. The molecule has 0 amide bonds. The third kappa shape index (κ3) is 6.33. The molecule has 0 aromatic heterocycles. The first-order valence-corrected chi connectivity index (χ1v) is 11.2. The number of hydrogen-bond donors (Lipinski definition) is 1. The molecule has 2 atom stereocenters. The molecule has 5 nitrogen and oxygen atoms in total. The van der Waals surface area contributed by atoms with Crippen LogP contribution in [0.4, 0.5) is 0 Å². The Hall–Kier alpha value is -1.89. The molecular weight excluding hydrogens is 374 g/mol. The zero-order valence-electron chi connectivity index (χ0n) is 17.1. The van der Waals surface area contributed by atoms with Gasteiger partial charge >= 0.3 is 0 Å². The Labute approximate surface area is 169 Å². The molecule has 0 fully saturated rings. The lowest BCUT2D eigenvalue weighted by atomic mass is 9.89. The number of benzene rings is 2. The van der Waals surface area contributed by atoms with Crippen molar-refractivity contribution in [2.24, 2.45) is 0 Å². The van der Waals surface area contributed by atoms with E-state index < -0.39 is 10.0 Å². The molecule has 0 aliphatic carbocycles. The zero-order chi connectivity index (χ0) is 20.6. The molecular formula is C22H31NO4S. The Kier molecular flexibility index (Phi) is 8.48. The fraction of sp³-hybridized carbons (Fsp3) is 0.455. The van der Waals surface area contributed by atoms with Gasteiger partial charge in [-0.25, -0.2) is 13.1 Å². The third-order valence-corrected chi connectivity index (χ3v) is 6.45. The minimum Gasteiger partial charge on any atom is -0.468 e. The SMILES string of the molecule is CCOCOc1ccc(C(C)CCC(C)c2ccc(S(=O)(=O)NC)cc2)cc1. The number of ether oxygens (including phenoxy) is 2. The third-order valence-electron chi connectivity index (χ3n) is 5.02. The van der Waals surface area contributed by atoms with Gasteiger partial charge in [0.05, 0.1) is 4.90 Å². The van der Waals surface area contributed by atoms with Gasteiger partial charge in [-0.05, 0) is 74.0 Å². The smallest absolute Gasteiger partial charge is 0.240 e. The minimum absolute atomic E-state index is 0.275. The maximum Gasteiger partial charge on any atom is 0.240 e. The summed E-state index contributed by atoms with van der Waals surface area (Å²) in [6.45, 7) is 7.26. The van der Waals surface area contributed by atoms with Gasteiger partial charge in [0, 0.05) is 6.61 Å². The molecule has 0 radical (unpaired) electrons. The van der Waals surface area contributed by atoms with E-state index >= 15 is 0 Å². The van der Waals surface area contributed by atoms with Gasteiger partial charge in [-0.3, -0.25) is 0 Å². The van der Waals surface area contributed by atoms with Crippen LogP contribution in [0.3, 0.4) is 0 Å². The van der Waals surface area contributed by atoms with Gasteiger partial charge in [0.25, 0.3) is 0 Å². The summed E-state index contributed by atoms with van der Waals surface area (Å²) in [6, 6.07) is 15.3. The van der Waals surface area contributed by atoms with Gasteiger partial charge in [0.2, 0.25) is 10.0 Å². The number of sulfonamides is 1. The number of hydrogen-bond acceptors (Lipinski definition) is 4. The Bertz CT molecular complexity index is 817. The van der Waals surface area contributed by atoms with Crippen molar-refractivity contribution in [2.45, 2.75) is 50.3 Å². The molecule has 2 rings (SSSR count). The van der Waals surface area contributed by atoms with Gasteiger partial charge in [-0.15, -0.1) is 0 Å². The lowest BCUT2D eigenvalue weighted by Crippen LogP contribution is -2.18. The first-order valence-electron chi connectivity index (χ1n) is 9.71. The van der Waals surface area contributed by atoms with Gasteiger partial charge in [-0.2, -0.15) is 0 Å². The highest BCUT2D eigenvalue weighted by Gasteiger charge is 2.14. The van der Waals surface area contributed by atoms with E-state index in [-0.39, 0.29) is 6.79 Å². The lowest BCUT2D eigenvalue weighted by molar-refractivity contribution is 0.0224. The van der Waals surface area contributed by atoms with Crippen molar-refractivity contribution in [1.29, 1.82) is 0 Å². The summed E-state index contributed by atoms with van der Waals surface area (Å²) in [5, 5.41) is 0. The summed E-state index contributed by atoms with van der Waals surface area (Å²) >= 11 is 0. The second kappa shape index (κ2) is 10.6. The van der Waals surface area contributed by atoms with Gasteiger partial charge < -0.3 is 9.47 Å². The first-order chi connectivity index (χ1) is 13.4. The number of rotatable bonds is 11. The fourth-order valence-corrected chi connectivity index (χ4v) is 3.74. The monoisotopic (exact) mass is 405 g/mol. The van der Waals surface area contributed by atoms with Crippen molar-refractivity contribution < 1.29 is 17.9 Å². The van der Waals surface area contributed by atoms with Crippen molar-refractivity contribution in [3.8, 4) is 5.75 Å². The quantitative estimate of drug-likeness (QED) is 0.436.